The summed E-state index contributed by atoms with van der Waals surface area (Å²) in [4.78, 5) is 27.3. The number of hydrogen-bond acceptors (Lipinski definition) is 5. The van der Waals surface area contributed by atoms with Crippen LogP contribution in [0.15, 0.2) is 18.6 Å². The molecule has 7 nitrogen and oxygen atoms in total. The Bertz CT molecular complexity index is 735. The van der Waals surface area contributed by atoms with Gasteiger partial charge in [-0.15, -0.1) is 0 Å². The van der Waals surface area contributed by atoms with Crippen LogP contribution in [0.2, 0.25) is 0 Å². The Hall–Kier alpha value is -2.28. The van der Waals surface area contributed by atoms with Crippen LogP contribution in [0, 0.1) is 12.8 Å². The molecular formula is C18H25N5O2. The van der Waals surface area contributed by atoms with Crippen LogP contribution in [0.1, 0.15) is 24.4 Å². The first-order valence-corrected chi connectivity index (χ1v) is 8.65. The van der Waals surface area contributed by atoms with E-state index < -0.39 is 0 Å². The standard InChI is InChI=1S/C18H25N5O2/c1-13-21-11-16(22(13)2)18-15(19-6-7-20-18)10-14-4-8-23(9-5-14)17(24)12-25-3/h6-7,11,14H,4-5,8-10,12H2,1-3H3. The molecule has 0 bridgehead atoms. The van der Waals surface area contributed by atoms with Crippen molar-refractivity contribution in [2.45, 2.75) is 26.2 Å². The molecule has 0 unspecified atom stereocenters. The van der Waals surface area contributed by atoms with Crippen molar-refractivity contribution in [2.75, 3.05) is 26.8 Å². The molecule has 0 N–H and O–H groups in total. The molecule has 2 aromatic heterocycles. The number of hydrogen-bond donors (Lipinski definition) is 0. The highest BCUT2D eigenvalue weighted by molar-refractivity contribution is 5.77. The maximum Gasteiger partial charge on any atom is 0.248 e. The molecule has 0 radical (unpaired) electrons. The van der Waals surface area contributed by atoms with Crippen molar-refractivity contribution in [1.29, 1.82) is 0 Å². The topological polar surface area (TPSA) is 73.1 Å². The zero-order chi connectivity index (χ0) is 17.8. The highest BCUT2D eigenvalue weighted by atomic mass is 16.5. The number of aromatic nitrogens is 4. The molecule has 0 saturated carbocycles. The maximum absolute atomic E-state index is 11.9. The molecule has 134 valence electrons. The smallest absolute Gasteiger partial charge is 0.248 e. The van der Waals surface area contributed by atoms with Gasteiger partial charge in [0, 0.05) is 39.6 Å². The first kappa shape index (κ1) is 17.5. The Labute approximate surface area is 148 Å². The Morgan fingerprint density at radius 1 is 1.24 bits per heavy atom. The molecule has 0 spiro atoms. The molecule has 0 atom stereocenters. The van der Waals surface area contributed by atoms with Gasteiger partial charge in [-0.1, -0.05) is 0 Å². The molecule has 1 aliphatic heterocycles. The van der Waals surface area contributed by atoms with Gasteiger partial charge in [-0.25, -0.2) is 4.98 Å². The van der Waals surface area contributed by atoms with Crippen LogP contribution in [0.25, 0.3) is 11.4 Å². The largest absolute Gasteiger partial charge is 0.375 e. The van der Waals surface area contributed by atoms with Crippen LogP contribution in [-0.2, 0) is 23.0 Å². The van der Waals surface area contributed by atoms with E-state index in [1.54, 1.807) is 19.5 Å². The number of nitrogens with zero attached hydrogens (tertiary/aromatic N) is 5. The van der Waals surface area contributed by atoms with E-state index in [1.807, 2.05) is 29.6 Å². The average Bonchev–Trinajstić information content (AvgIpc) is 2.95. The summed E-state index contributed by atoms with van der Waals surface area (Å²) < 4.78 is 6.98. The number of ether oxygens (including phenoxy) is 1. The number of piperidine rings is 1. The number of rotatable bonds is 5. The fourth-order valence-electron chi connectivity index (χ4n) is 3.33. The molecule has 1 saturated heterocycles. The first-order chi connectivity index (χ1) is 12.1. The molecule has 3 rings (SSSR count). The van der Waals surface area contributed by atoms with E-state index in [4.69, 9.17) is 4.74 Å². The fraction of sp³-hybridized carbons (Fsp3) is 0.556. The SMILES string of the molecule is COCC(=O)N1CCC(Cc2nccnc2-c2cnc(C)n2C)CC1. The highest BCUT2D eigenvalue weighted by Gasteiger charge is 2.24. The van der Waals surface area contributed by atoms with Gasteiger partial charge in [0.25, 0.3) is 0 Å². The number of carbonyl (C=O) groups is 1. The summed E-state index contributed by atoms with van der Waals surface area (Å²) >= 11 is 0. The maximum atomic E-state index is 11.9. The van der Waals surface area contributed by atoms with Gasteiger partial charge in [0.15, 0.2) is 0 Å². The van der Waals surface area contributed by atoms with Crippen molar-refractivity contribution in [3.05, 3.63) is 30.1 Å². The van der Waals surface area contributed by atoms with Gasteiger partial charge in [-0.05, 0) is 32.1 Å². The molecular weight excluding hydrogens is 318 g/mol. The van der Waals surface area contributed by atoms with Crippen molar-refractivity contribution in [1.82, 2.24) is 24.4 Å². The van der Waals surface area contributed by atoms with Crippen molar-refractivity contribution < 1.29 is 9.53 Å². The number of aryl methyl sites for hydroxylation is 1. The first-order valence-electron chi connectivity index (χ1n) is 8.65. The summed E-state index contributed by atoms with van der Waals surface area (Å²) in [5.74, 6) is 1.54. The lowest BCUT2D eigenvalue weighted by atomic mass is 9.91. The number of amides is 1. The van der Waals surface area contributed by atoms with Crippen LogP contribution in [-0.4, -0.2) is 57.1 Å². The third-order valence-electron chi connectivity index (χ3n) is 4.95. The summed E-state index contributed by atoms with van der Waals surface area (Å²) in [6.07, 6.45) is 8.17. The van der Waals surface area contributed by atoms with Gasteiger partial charge in [-0.2, -0.15) is 0 Å². The zero-order valence-corrected chi connectivity index (χ0v) is 15.1. The average molecular weight is 343 g/mol. The van der Waals surface area contributed by atoms with Crippen molar-refractivity contribution in [2.24, 2.45) is 13.0 Å². The molecule has 0 aromatic carbocycles. The summed E-state index contributed by atoms with van der Waals surface area (Å²) in [6, 6.07) is 0. The Kier molecular flexibility index (Phi) is 5.43. The second-order valence-electron chi connectivity index (χ2n) is 6.56. The number of likely N-dealkylation sites (tertiary alicyclic amines) is 1. The lowest BCUT2D eigenvalue weighted by Crippen LogP contribution is -2.40. The van der Waals surface area contributed by atoms with Crippen LogP contribution in [0.3, 0.4) is 0 Å². The van der Waals surface area contributed by atoms with Gasteiger partial charge in [-0.3, -0.25) is 14.8 Å². The van der Waals surface area contributed by atoms with E-state index in [1.165, 1.54) is 0 Å². The summed E-state index contributed by atoms with van der Waals surface area (Å²) in [5, 5.41) is 0. The zero-order valence-electron chi connectivity index (χ0n) is 15.1. The molecule has 1 fully saturated rings. The van der Waals surface area contributed by atoms with Crippen molar-refractivity contribution in [3.63, 3.8) is 0 Å². The normalized spacial score (nSPS) is 15.6. The van der Waals surface area contributed by atoms with Gasteiger partial charge in [0.2, 0.25) is 5.91 Å². The number of carbonyl (C=O) groups excluding carboxylic acids is 1. The lowest BCUT2D eigenvalue weighted by Gasteiger charge is -2.32. The minimum absolute atomic E-state index is 0.0755. The minimum atomic E-state index is 0.0755. The quantitative estimate of drug-likeness (QED) is 0.825. The van der Waals surface area contributed by atoms with E-state index in [2.05, 4.69) is 15.0 Å². The minimum Gasteiger partial charge on any atom is -0.375 e. The lowest BCUT2D eigenvalue weighted by molar-refractivity contribution is -0.136. The highest BCUT2D eigenvalue weighted by Crippen LogP contribution is 2.26. The molecule has 0 aliphatic carbocycles. The summed E-state index contributed by atoms with van der Waals surface area (Å²) in [6.45, 7) is 3.71. The van der Waals surface area contributed by atoms with Gasteiger partial charge < -0.3 is 14.2 Å². The van der Waals surface area contributed by atoms with Gasteiger partial charge in [0.1, 0.15) is 18.1 Å². The van der Waals surface area contributed by atoms with Crippen LogP contribution >= 0.6 is 0 Å². The third-order valence-corrected chi connectivity index (χ3v) is 4.95. The summed E-state index contributed by atoms with van der Waals surface area (Å²) in [7, 11) is 3.55. The molecule has 1 aliphatic rings. The second kappa shape index (κ2) is 7.74. The fourth-order valence-corrected chi connectivity index (χ4v) is 3.33. The van der Waals surface area contributed by atoms with Gasteiger partial charge in [0.05, 0.1) is 17.6 Å². The molecule has 25 heavy (non-hydrogen) atoms. The monoisotopic (exact) mass is 343 g/mol. The Morgan fingerprint density at radius 2 is 1.96 bits per heavy atom. The molecule has 1 amide bonds. The van der Waals surface area contributed by atoms with E-state index in [0.717, 1.165) is 55.3 Å². The van der Waals surface area contributed by atoms with Crippen LogP contribution < -0.4 is 0 Å². The Balaban J connectivity index is 1.69. The predicted octanol–water partition coefficient (Wildman–Crippen LogP) is 1.61. The van der Waals surface area contributed by atoms with Crippen molar-refractivity contribution >= 4 is 5.91 Å². The molecule has 2 aromatic rings. The third kappa shape index (κ3) is 3.87. The number of imidazole rings is 1. The van der Waals surface area contributed by atoms with Crippen molar-refractivity contribution in [3.8, 4) is 11.4 Å². The Morgan fingerprint density at radius 3 is 2.60 bits per heavy atom. The molecule has 3 heterocycles. The van der Waals surface area contributed by atoms with E-state index in [0.29, 0.717) is 5.92 Å². The van der Waals surface area contributed by atoms with E-state index in [-0.39, 0.29) is 12.5 Å². The molecule has 7 heteroatoms. The number of methoxy groups -OCH3 is 1. The predicted molar refractivity (Wildman–Crippen MR) is 93.9 cm³/mol. The second-order valence-corrected chi connectivity index (χ2v) is 6.56. The summed E-state index contributed by atoms with van der Waals surface area (Å²) in [5.41, 5.74) is 2.91. The van der Waals surface area contributed by atoms with Crippen LogP contribution in [0.5, 0.6) is 0 Å². The van der Waals surface area contributed by atoms with E-state index in [9.17, 15) is 4.79 Å². The van der Waals surface area contributed by atoms with Gasteiger partial charge >= 0.3 is 0 Å². The van der Waals surface area contributed by atoms with Crippen LogP contribution in [0.4, 0.5) is 0 Å². The van der Waals surface area contributed by atoms with E-state index >= 15 is 0 Å².